The number of methoxy groups -OCH3 is 1. The molecule has 1 heterocycles. The van der Waals surface area contributed by atoms with Gasteiger partial charge < -0.3 is 9.84 Å². The van der Waals surface area contributed by atoms with Gasteiger partial charge in [-0.1, -0.05) is 89.5 Å². The fraction of sp³-hybridized carbons (Fsp3) is 0.613. The molecule has 1 aromatic heterocycles. The number of hydrogen-bond donors (Lipinski definition) is 2. The van der Waals surface area contributed by atoms with Gasteiger partial charge in [0.25, 0.3) is 10.0 Å². The van der Waals surface area contributed by atoms with Crippen molar-refractivity contribution in [1.82, 2.24) is 4.98 Å². The van der Waals surface area contributed by atoms with E-state index < -0.39 is 27.4 Å². The molecule has 2 aromatic rings. The molecule has 2 atom stereocenters. The van der Waals surface area contributed by atoms with Crippen molar-refractivity contribution in [2.75, 3.05) is 11.8 Å². The Kier molecular flexibility index (Phi) is 10.8. The molecule has 2 fully saturated rings. The number of benzene rings is 1. The highest BCUT2D eigenvalue weighted by molar-refractivity contribution is 7.92. The Morgan fingerprint density at radius 2 is 1.48 bits per heavy atom. The first-order chi connectivity index (χ1) is 19.3. The van der Waals surface area contributed by atoms with Crippen LogP contribution in [0.5, 0.6) is 5.75 Å². The molecule has 4 rings (SSSR count). The fourth-order valence-corrected chi connectivity index (χ4v) is 7.62. The molecule has 220 valence electrons. The Hall–Kier alpha value is -2.68. The summed E-state index contributed by atoms with van der Waals surface area (Å²) in [5.41, 5.74) is -0.0221. The quantitative estimate of drug-likeness (QED) is 0.348. The number of anilines is 1. The largest absolute Gasteiger partial charge is 0.495 e. The molecule has 2 aliphatic carbocycles. The van der Waals surface area contributed by atoms with Gasteiger partial charge in [-0.2, -0.15) is 8.42 Å². The third-order valence-corrected chi connectivity index (χ3v) is 10.0. The molecule has 0 radical (unpaired) electrons. The van der Waals surface area contributed by atoms with Gasteiger partial charge in [-0.25, -0.2) is 14.2 Å². The maximum atomic E-state index is 14.3. The number of carboxylic acid groups (broad SMARTS) is 1. The van der Waals surface area contributed by atoms with E-state index in [-0.39, 0.29) is 22.4 Å². The minimum Gasteiger partial charge on any atom is -0.495 e. The van der Waals surface area contributed by atoms with E-state index in [1.807, 2.05) is 6.07 Å². The number of ether oxygens (including phenoxy) is 1. The van der Waals surface area contributed by atoms with E-state index in [1.54, 1.807) is 6.07 Å². The molecule has 2 N–H and O–H groups in total. The third-order valence-electron chi connectivity index (χ3n) is 8.77. The minimum atomic E-state index is -4.17. The number of pyridine rings is 1. The van der Waals surface area contributed by atoms with Crippen molar-refractivity contribution in [1.29, 1.82) is 0 Å². The van der Waals surface area contributed by atoms with E-state index >= 15 is 0 Å². The van der Waals surface area contributed by atoms with Gasteiger partial charge in [0.15, 0.2) is 5.03 Å². The zero-order valence-electron chi connectivity index (χ0n) is 23.5. The molecular weight excluding hydrogens is 531 g/mol. The SMILES string of the molecule is COc1cc(C(=O)O)c(F)cc1NS(=O)(=O)c1cccc(C2CCCCC(C3CCCCCCCC3)CCC2)n1. The van der Waals surface area contributed by atoms with E-state index in [2.05, 4.69) is 9.71 Å². The van der Waals surface area contributed by atoms with E-state index in [1.165, 1.54) is 83.8 Å². The number of aromatic carboxylic acids is 1. The van der Waals surface area contributed by atoms with E-state index in [4.69, 9.17) is 9.84 Å². The Morgan fingerprint density at radius 1 is 0.900 bits per heavy atom. The molecule has 0 spiro atoms. The van der Waals surface area contributed by atoms with Crippen LogP contribution in [0.2, 0.25) is 0 Å². The molecular formula is C31H43FN2O5S. The van der Waals surface area contributed by atoms with Crippen LogP contribution >= 0.6 is 0 Å². The summed E-state index contributed by atoms with van der Waals surface area (Å²) in [4.78, 5) is 15.8. The van der Waals surface area contributed by atoms with Crippen LogP contribution in [0.15, 0.2) is 35.4 Å². The van der Waals surface area contributed by atoms with Gasteiger partial charge in [-0.3, -0.25) is 4.72 Å². The van der Waals surface area contributed by atoms with Gasteiger partial charge in [-0.05, 0) is 42.9 Å². The minimum absolute atomic E-state index is 0.0933. The second kappa shape index (κ2) is 14.3. The summed E-state index contributed by atoms with van der Waals surface area (Å²) in [5, 5.41) is 9.01. The highest BCUT2D eigenvalue weighted by Gasteiger charge is 2.26. The van der Waals surface area contributed by atoms with Crippen LogP contribution in [0.25, 0.3) is 0 Å². The lowest BCUT2D eigenvalue weighted by molar-refractivity contribution is 0.0691. The predicted molar refractivity (Wildman–Crippen MR) is 154 cm³/mol. The zero-order valence-corrected chi connectivity index (χ0v) is 24.4. The Labute approximate surface area is 238 Å². The monoisotopic (exact) mass is 574 g/mol. The van der Waals surface area contributed by atoms with E-state index in [0.29, 0.717) is 0 Å². The van der Waals surface area contributed by atoms with Crippen LogP contribution < -0.4 is 9.46 Å². The fourth-order valence-electron chi connectivity index (χ4n) is 6.59. The van der Waals surface area contributed by atoms with Gasteiger partial charge in [0.2, 0.25) is 0 Å². The van der Waals surface area contributed by atoms with Crippen molar-refractivity contribution in [3.05, 3.63) is 47.4 Å². The van der Waals surface area contributed by atoms with Crippen LogP contribution in [-0.4, -0.2) is 31.6 Å². The molecule has 9 heteroatoms. The van der Waals surface area contributed by atoms with Gasteiger partial charge in [0.1, 0.15) is 11.6 Å². The Bertz CT molecular complexity index is 1240. The summed E-state index contributed by atoms with van der Waals surface area (Å²) >= 11 is 0. The summed E-state index contributed by atoms with van der Waals surface area (Å²) in [6, 6.07) is 6.80. The van der Waals surface area contributed by atoms with Crippen LogP contribution in [0.3, 0.4) is 0 Å². The third kappa shape index (κ3) is 7.95. The number of nitrogens with one attached hydrogen (secondary N) is 1. The smallest absolute Gasteiger partial charge is 0.338 e. The molecule has 0 aliphatic heterocycles. The number of carboxylic acids is 1. The van der Waals surface area contributed by atoms with Gasteiger partial charge in [0, 0.05) is 17.7 Å². The number of hydrogen-bond acceptors (Lipinski definition) is 5. The number of carbonyl (C=O) groups is 1. The van der Waals surface area contributed by atoms with Crippen molar-refractivity contribution >= 4 is 21.7 Å². The van der Waals surface area contributed by atoms with Crippen molar-refractivity contribution in [2.45, 2.75) is 107 Å². The first-order valence-corrected chi connectivity index (χ1v) is 16.4. The van der Waals surface area contributed by atoms with Crippen molar-refractivity contribution < 1.29 is 27.4 Å². The number of sulfonamides is 1. The molecule has 0 amide bonds. The summed E-state index contributed by atoms with van der Waals surface area (Å²) in [6.07, 6.45) is 18.9. The first-order valence-electron chi connectivity index (χ1n) is 14.9. The topological polar surface area (TPSA) is 106 Å². The lowest BCUT2D eigenvalue weighted by atomic mass is 9.79. The average molecular weight is 575 g/mol. The zero-order chi connectivity index (χ0) is 28.5. The number of rotatable bonds is 7. The van der Waals surface area contributed by atoms with Crippen molar-refractivity contribution in [3.63, 3.8) is 0 Å². The molecule has 1 aromatic carbocycles. The normalized spacial score (nSPS) is 22.1. The molecule has 0 saturated heterocycles. The molecule has 0 bridgehead atoms. The summed E-state index contributed by atoms with van der Waals surface area (Å²) in [6.45, 7) is 0. The molecule has 2 aliphatic rings. The van der Waals surface area contributed by atoms with Crippen LogP contribution in [-0.2, 0) is 10.0 Å². The van der Waals surface area contributed by atoms with Crippen molar-refractivity contribution in [2.24, 2.45) is 11.8 Å². The maximum Gasteiger partial charge on any atom is 0.338 e. The van der Waals surface area contributed by atoms with E-state index in [9.17, 15) is 17.6 Å². The second-order valence-electron chi connectivity index (χ2n) is 11.5. The maximum absolute atomic E-state index is 14.3. The number of nitrogens with zero attached hydrogens (tertiary/aromatic N) is 1. The highest BCUT2D eigenvalue weighted by atomic mass is 32.2. The van der Waals surface area contributed by atoms with Gasteiger partial charge >= 0.3 is 5.97 Å². The average Bonchev–Trinajstić information content (AvgIpc) is 3.15. The molecule has 7 nitrogen and oxygen atoms in total. The van der Waals surface area contributed by atoms with Gasteiger partial charge in [0.05, 0.1) is 18.4 Å². The van der Waals surface area contributed by atoms with Crippen LogP contribution in [0, 0.1) is 17.7 Å². The lowest BCUT2D eigenvalue weighted by Crippen LogP contribution is -2.17. The molecule has 2 unspecified atom stereocenters. The Balaban J connectivity index is 1.46. The lowest BCUT2D eigenvalue weighted by Gasteiger charge is -2.27. The number of aromatic nitrogens is 1. The standard InChI is InChI=1S/C31H43FN2O5S/c1-39-29-20-25(31(35)36)26(32)21-28(29)34-40(37,38)30-19-11-18-27(33-30)24-15-9-8-14-23(16-10-17-24)22-12-6-4-2-3-5-7-13-22/h11,18-24,34H,2-10,12-17H2,1H3,(H,35,36). The molecule has 2 saturated carbocycles. The summed E-state index contributed by atoms with van der Waals surface area (Å²) < 4.78 is 48.3. The van der Waals surface area contributed by atoms with Crippen molar-refractivity contribution in [3.8, 4) is 5.75 Å². The number of halogens is 1. The highest BCUT2D eigenvalue weighted by Crippen LogP contribution is 2.38. The van der Waals surface area contributed by atoms with Crippen LogP contribution in [0.4, 0.5) is 10.1 Å². The second-order valence-corrected chi connectivity index (χ2v) is 13.1. The van der Waals surface area contributed by atoms with E-state index in [0.717, 1.165) is 55.3 Å². The van der Waals surface area contributed by atoms with Gasteiger partial charge in [-0.15, -0.1) is 0 Å². The molecule has 40 heavy (non-hydrogen) atoms. The summed E-state index contributed by atoms with van der Waals surface area (Å²) in [7, 11) is -2.91. The predicted octanol–water partition coefficient (Wildman–Crippen LogP) is 7.92. The van der Waals surface area contributed by atoms with Crippen LogP contribution in [0.1, 0.15) is 118 Å². The summed E-state index contributed by atoms with van der Waals surface area (Å²) in [5.74, 6) is -0.796. The first kappa shape index (κ1) is 30.3. The Morgan fingerprint density at radius 3 is 2.12 bits per heavy atom.